The first-order valence-electron chi connectivity index (χ1n) is 8.37. The molecule has 0 bridgehead atoms. The molecule has 0 spiro atoms. The van der Waals surface area contributed by atoms with Gasteiger partial charge in [-0.05, 0) is 36.4 Å². The van der Waals surface area contributed by atoms with Gasteiger partial charge in [-0.3, -0.25) is 15.4 Å². The maximum absolute atomic E-state index is 11.8. The first-order valence-corrected chi connectivity index (χ1v) is 8.37. The molecule has 0 atom stereocenters. The summed E-state index contributed by atoms with van der Waals surface area (Å²) in [5, 5.41) is 17.5. The summed E-state index contributed by atoms with van der Waals surface area (Å²) in [6.45, 7) is 0.232. The molecule has 0 aliphatic carbocycles. The van der Waals surface area contributed by atoms with E-state index in [4.69, 9.17) is 35.3 Å². The molecule has 2 aliphatic rings. The lowest BCUT2D eigenvalue weighted by Gasteiger charge is -2.14. The maximum Gasteiger partial charge on any atom is 0.247 e. The average Bonchev–Trinajstić information content (AvgIpc) is 3.38. The number of hydrogen-bond donors (Lipinski definition) is 4. The molecule has 0 aromatic heterocycles. The highest BCUT2D eigenvalue weighted by molar-refractivity contribution is 6.16. The van der Waals surface area contributed by atoms with Crippen molar-refractivity contribution in [2.45, 2.75) is 6.42 Å². The van der Waals surface area contributed by atoms with Crippen LogP contribution in [0.5, 0.6) is 23.0 Å². The van der Waals surface area contributed by atoms with Gasteiger partial charge in [0.25, 0.3) is 0 Å². The Morgan fingerprint density at radius 3 is 2.11 bits per heavy atom. The number of rotatable bonds is 5. The molecule has 0 unspecified atom stereocenters. The Morgan fingerprint density at radius 1 is 0.964 bits per heavy atom. The van der Waals surface area contributed by atoms with Crippen LogP contribution in [0.15, 0.2) is 42.0 Å². The van der Waals surface area contributed by atoms with Crippen LogP contribution in [-0.2, 0) is 4.79 Å². The number of nitrogens with two attached hydrogens (primary N) is 1. The number of ether oxygens (including phenoxy) is 4. The van der Waals surface area contributed by atoms with Crippen LogP contribution in [0.4, 0.5) is 0 Å². The van der Waals surface area contributed by atoms with Crippen molar-refractivity contribution in [2.75, 3.05) is 13.6 Å². The van der Waals surface area contributed by atoms with E-state index >= 15 is 0 Å². The molecule has 0 saturated heterocycles. The topological polar surface area (TPSA) is 136 Å². The van der Waals surface area contributed by atoms with E-state index in [1.165, 1.54) is 0 Å². The van der Waals surface area contributed by atoms with Crippen molar-refractivity contribution < 1.29 is 28.9 Å². The average molecular weight is 383 g/mol. The van der Waals surface area contributed by atoms with Crippen LogP contribution in [0.1, 0.15) is 17.5 Å². The van der Waals surface area contributed by atoms with Gasteiger partial charge in [-0.25, -0.2) is 5.48 Å². The number of carbonyl (C=O) groups excluding carboxylic acids is 1. The van der Waals surface area contributed by atoms with Gasteiger partial charge >= 0.3 is 0 Å². The molecule has 1 amide bonds. The van der Waals surface area contributed by atoms with Crippen LogP contribution in [-0.4, -0.2) is 30.4 Å². The highest BCUT2D eigenvalue weighted by Gasteiger charge is 2.22. The van der Waals surface area contributed by atoms with E-state index in [-0.39, 0.29) is 37.0 Å². The second-order valence-electron chi connectivity index (χ2n) is 6.12. The number of hydrogen-bond acceptors (Lipinski definition) is 8. The zero-order valence-electron chi connectivity index (χ0n) is 14.7. The van der Waals surface area contributed by atoms with Crippen molar-refractivity contribution in [3.8, 4) is 23.0 Å². The Balaban J connectivity index is 1.74. The summed E-state index contributed by atoms with van der Waals surface area (Å²) < 4.78 is 21.3. The van der Waals surface area contributed by atoms with Gasteiger partial charge < -0.3 is 24.7 Å². The smallest absolute Gasteiger partial charge is 0.247 e. The van der Waals surface area contributed by atoms with Gasteiger partial charge in [0.2, 0.25) is 19.5 Å². The molecule has 9 heteroatoms. The molecular formula is C19H17N3O6. The maximum atomic E-state index is 11.8. The predicted octanol–water partition coefficient (Wildman–Crippen LogP) is 1.78. The third-order valence-electron chi connectivity index (χ3n) is 4.43. The summed E-state index contributed by atoms with van der Waals surface area (Å²) >= 11 is 0. The first-order chi connectivity index (χ1) is 13.6. The molecule has 5 N–H and O–H groups in total. The highest BCUT2D eigenvalue weighted by Crippen LogP contribution is 2.36. The van der Waals surface area contributed by atoms with Crippen molar-refractivity contribution in [1.82, 2.24) is 5.48 Å². The second kappa shape index (κ2) is 7.12. The predicted molar refractivity (Wildman–Crippen MR) is 97.6 cm³/mol. The van der Waals surface area contributed by atoms with Gasteiger partial charge in [-0.1, -0.05) is 0 Å². The van der Waals surface area contributed by atoms with E-state index in [0.29, 0.717) is 34.1 Å². The lowest BCUT2D eigenvalue weighted by molar-refractivity contribution is -0.128. The van der Waals surface area contributed by atoms with Gasteiger partial charge in [-0.15, -0.1) is 0 Å². The molecule has 9 nitrogen and oxygen atoms in total. The normalized spacial score (nSPS) is 14.5. The summed E-state index contributed by atoms with van der Waals surface area (Å²) in [4.78, 5) is 11.8. The van der Waals surface area contributed by atoms with E-state index in [1.54, 1.807) is 41.9 Å². The Labute approximate surface area is 159 Å². The summed E-state index contributed by atoms with van der Waals surface area (Å²) in [5.74, 6) is 1.52. The fourth-order valence-electron chi connectivity index (χ4n) is 2.98. The van der Waals surface area contributed by atoms with Crippen molar-refractivity contribution in [1.29, 1.82) is 5.41 Å². The minimum atomic E-state index is -0.691. The fraction of sp³-hybridized carbons (Fsp3) is 0.158. The number of benzene rings is 2. The molecule has 0 fully saturated rings. The molecule has 0 radical (unpaired) electrons. The summed E-state index contributed by atoms with van der Waals surface area (Å²) in [5.41, 5.74) is 9.43. The first kappa shape index (κ1) is 17.7. The second-order valence-corrected chi connectivity index (χ2v) is 6.12. The van der Waals surface area contributed by atoms with Gasteiger partial charge in [-0.2, -0.15) is 0 Å². The number of carbonyl (C=O) groups is 1. The lowest BCUT2D eigenvalue weighted by atomic mass is 9.94. The van der Waals surface area contributed by atoms with Gasteiger partial charge in [0, 0.05) is 22.4 Å². The highest BCUT2D eigenvalue weighted by atomic mass is 16.7. The van der Waals surface area contributed by atoms with Crippen molar-refractivity contribution >= 4 is 17.3 Å². The molecule has 2 aliphatic heterocycles. The van der Waals surface area contributed by atoms with Gasteiger partial charge in [0.15, 0.2) is 23.0 Å². The zero-order chi connectivity index (χ0) is 19.7. The van der Waals surface area contributed by atoms with E-state index in [0.717, 1.165) is 0 Å². The molecule has 28 heavy (non-hydrogen) atoms. The molecule has 144 valence electrons. The summed E-state index contributed by atoms with van der Waals surface area (Å²) in [6, 6.07) is 10.1. The summed E-state index contributed by atoms with van der Waals surface area (Å²) in [6.07, 6.45) is -0.288. The third kappa shape index (κ3) is 3.19. The van der Waals surface area contributed by atoms with E-state index in [2.05, 4.69) is 0 Å². The standard InChI is InChI=1S/C19H17N3O6/c20-18(10-1-3-13-15(5-10)27-8-25-13)12(7-17(23)22-24)19(21)11-2-4-14-16(6-11)28-9-26-14/h1-6,20,24H,7-9,21H2,(H,22,23)/b19-12-,20-18?. The quantitative estimate of drug-likeness (QED) is 0.351. The fourth-order valence-corrected chi connectivity index (χ4v) is 2.98. The molecule has 2 aromatic carbocycles. The van der Waals surface area contributed by atoms with Crippen molar-refractivity contribution in [3.05, 3.63) is 53.1 Å². The lowest BCUT2D eigenvalue weighted by Crippen LogP contribution is -2.23. The van der Waals surface area contributed by atoms with E-state index in [9.17, 15) is 4.79 Å². The van der Waals surface area contributed by atoms with Crippen LogP contribution in [0, 0.1) is 5.41 Å². The molecular weight excluding hydrogens is 366 g/mol. The van der Waals surface area contributed by atoms with Crippen LogP contribution < -0.4 is 30.2 Å². The van der Waals surface area contributed by atoms with Gasteiger partial charge in [0.05, 0.1) is 12.1 Å². The van der Waals surface area contributed by atoms with Crippen LogP contribution >= 0.6 is 0 Å². The molecule has 2 aromatic rings. The largest absolute Gasteiger partial charge is 0.454 e. The van der Waals surface area contributed by atoms with E-state index in [1.807, 2.05) is 0 Å². The minimum absolute atomic E-state index is 0.0251. The number of hydroxylamine groups is 1. The third-order valence-corrected chi connectivity index (χ3v) is 4.43. The molecule has 0 saturated carbocycles. The monoisotopic (exact) mass is 383 g/mol. The summed E-state index contributed by atoms with van der Waals surface area (Å²) in [7, 11) is 0. The Morgan fingerprint density at radius 2 is 1.50 bits per heavy atom. The van der Waals surface area contributed by atoms with Crippen molar-refractivity contribution in [2.24, 2.45) is 5.73 Å². The van der Waals surface area contributed by atoms with E-state index < -0.39 is 5.91 Å². The SMILES string of the molecule is N=C(/C(CC(=O)NO)=C(\N)c1ccc2c(c1)OCO2)c1ccc2c(c1)OCO2. The van der Waals surface area contributed by atoms with Gasteiger partial charge in [0.1, 0.15) is 0 Å². The van der Waals surface area contributed by atoms with Crippen LogP contribution in [0.2, 0.25) is 0 Å². The van der Waals surface area contributed by atoms with Crippen LogP contribution in [0.3, 0.4) is 0 Å². The minimum Gasteiger partial charge on any atom is -0.454 e. The molecule has 2 heterocycles. The number of nitrogens with one attached hydrogen (secondary N) is 2. The Bertz CT molecular complexity index is 1000. The number of amides is 1. The number of fused-ring (bicyclic) bond motifs is 2. The molecule has 4 rings (SSSR count). The Kier molecular flexibility index (Phi) is 4.50. The zero-order valence-corrected chi connectivity index (χ0v) is 14.7. The Hall–Kier alpha value is -3.72. The van der Waals surface area contributed by atoms with Crippen molar-refractivity contribution in [3.63, 3.8) is 0 Å². The van der Waals surface area contributed by atoms with Crippen LogP contribution in [0.25, 0.3) is 5.70 Å².